The van der Waals surface area contributed by atoms with Crippen molar-refractivity contribution in [1.29, 1.82) is 0 Å². The van der Waals surface area contributed by atoms with E-state index in [1.54, 1.807) is 23.3 Å². The van der Waals surface area contributed by atoms with Crippen LogP contribution in [0.3, 0.4) is 0 Å². The zero-order valence-electron chi connectivity index (χ0n) is 13.4. The van der Waals surface area contributed by atoms with Crippen molar-refractivity contribution in [3.05, 3.63) is 22.4 Å². The van der Waals surface area contributed by atoms with Gasteiger partial charge in [0.2, 0.25) is 11.8 Å². The molecule has 2 N–H and O–H groups in total. The lowest BCUT2D eigenvalue weighted by atomic mass is 10.1. The van der Waals surface area contributed by atoms with Crippen LogP contribution >= 0.6 is 11.3 Å². The quantitative estimate of drug-likeness (QED) is 0.842. The number of hydrogen-bond acceptors (Lipinski definition) is 4. The van der Waals surface area contributed by atoms with Gasteiger partial charge in [-0.05, 0) is 46.2 Å². The minimum absolute atomic E-state index is 0.00528. The van der Waals surface area contributed by atoms with Crippen LogP contribution in [0.1, 0.15) is 38.6 Å². The lowest BCUT2D eigenvalue weighted by molar-refractivity contribution is -0.125. The summed E-state index contributed by atoms with van der Waals surface area (Å²) < 4.78 is 0. The molecule has 0 aromatic carbocycles. The Morgan fingerprint density at radius 1 is 1.29 bits per heavy atom. The molecular formula is C15H25N3O2S. The van der Waals surface area contributed by atoms with Crippen molar-refractivity contribution < 1.29 is 9.59 Å². The number of thiophene rings is 1. The van der Waals surface area contributed by atoms with Crippen LogP contribution in [0.5, 0.6) is 0 Å². The van der Waals surface area contributed by atoms with E-state index < -0.39 is 0 Å². The van der Waals surface area contributed by atoms with Crippen molar-refractivity contribution in [2.75, 3.05) is 20.1 Å². The summed E-state index contributed by atoms with van der Waals surface area (Å²) in [7, 11) is 1.76. The first-order chi connectivity index (χ1) is 9.67. The van der Waals surface area contributed by atoms with E-state index in [9.17, 15) is 9.59 Å². The van der Waals surface area contributed by atoms with E-state index in [2.05, 4.69) is 10.6 Å². The van der Waals surface area contributed by atoms with Gasteiger partial charge in [-0.25, -0.2) is 0 Å². The maximum Gasteiger partial charge on any atom is 0.234 e. The summed E-state index contributed by atoms with van der Waals surface area (Å²) in [6.45, 7) is 8.16. The molecule has 0 radical (unpaired) electrons. The van der Waals surface area contributed by atoms with Gasteiger partial charge < -0.3 is 10.6 Å². The maximum atomic E-state index is 11.9. The Labute approximate surface area is 130 Å². The summed E-state index contributed by atoms with van der Waals surface area (Å²) in [5, 5.41) is 7.80. The van der Waals surface area contributed by atoms with Crippen LogP contribution in [0.25, 0.3) is 0 Å². The molecule has 0 bridgehead atoms. The van der Waals surface area contributed by atoms with E-state index in [1.807, 2.05) is 45.2 Å². The van der Waals surface area contributed by atoms with E-state index in [1.165, 1.54) is 0 Å². The molecule has 0 saturated carbocycles. The topological polar surface area (TPSA) is 61.4 Å². The van der Waals surface area contributed by atoms with Crippen molar-refractivity contribution in [3.8, 4) is 0 Å². The highest BCUT2D eigenvalue weighted by atomic mass is 32.1. The van der Waals surface area contributed by atoms with Crippen LogP contribution in [0.2, 0.25) is 0 Å². The van der Waals surface area contributed by atoms with Crippen molar-refractivity contribution in [2.45, 2.75) is 39.3 Å². The Balaban J connectivity index is 2.35. The number of carbonyl (C=O) groups excluding carboxylic acids is 2. The number of rotatable bonds is 6. The van der Waals surface area contributed by atoms with Gasteiger partial charge in [0.1, 0.15) is 0 Å². The van der Waals surface area contributed by atoms with Gasteiger partial charge in [-0.15, -0.1) is 11.3 Å². The number of carbonyl (C=O) groups is 2. The first-order valence-corrected chi connectivity index (χ1v) is 7.87. The SMILES string of the molecule is C[C@H](NC(=O)CN(C)CC(=O)NC(C)(C)C)c1cccs1. The average molecular weight is 311 g/mol. The molecule has 0 saturated heterocycles. The molecule has 1 aromatic rings. The van der Waals surface area contributed by atoms with Crippen molar-refractivity contribution >= 4 is 23.2 Å². The molecule has 0 fully saturated rings. The van der Waals surface area contributed by atoms with Crippen LogP contribution in [-0.4, -0.2) is 42.4 Å². The van der Waals surface area contributed by atoms with Crippen LogP contribution in [0.4, 0.5) is 0 Å². The van der Waals surface area contributed by atoms with E-state index in [0.29, 0.717) is 0 Å². The Bertz CT molecular complexity index is 466. The second kappa shape index (κ2) is 7.56. The molecule has 0 aliphatic carbocycles. The third-order valence-corrected chi connectivity index (χ3v) is 3.74. The monoisotopic (exact) mass is 311 g/mol. The van der Waals surface area contributed by atoms with Gasteiger partial charge in [-0.2, -0.15) is 0 Å². The number of nitrogens with zero attached hydrogens (tertiary/aromatic N) is 1. The number of nitrogens with one attached hydrogen (secondary N) is 2. The summed E-state index contributed by atoms with van der Waals surface area (Å²) >= 11 is 1.62. The molecule has 1 atom stereocenters. The van der Waals surface area contributed by atoms with Gasteiger partial charge in [-0.3, -0.25) is 14.5 Å². The largest absolute Gasteiger partial charge is 0.350 e. The predicted molar refractivity (Wildman–Crippen MR) is 86.3 cm³/mol. The molecule has 0 spiro atoms. The van der Waals surface area contributed by atoms with Crippen LogP contribution < -0.4 is 10.6 Å². The van der Waals surface area contributed by atoms with Gasteiger partial charge in [-0.1, -0.05) is 6.07 Å². The highest BCUT2D eigenvalue weighted by molar-refractivity contribution is 7.10. The zero-order chi connectivity index (χ0) is 16.0. The highest BCUT2D eigenvalue weighted by Gasteiger charge is 2.17. The summed E-state index contributed by atoms with van der Waals surface area (Å²) in [6, 6.07) is 3.95. The second-order valence-electron chi connectivity index (χ2n) is 6.28. The van der Waals surface area contributed by atoms with Gasteiger partial charge in [0, 0.05) is 10.4 Å². The van der Waals surface area contributed by atoms with Crippen LogP contribution in [0, 0.1) is 0 Å². The molecule has 6 heteroatoms. The first-order valence-electron chi connectivity index (χ1n) is 6.99. The van der Waals surface area contributed by atoms with E-state index >= 15 is 0 Å². The normalized spacial score (nSPS) is 13.0. The summed E-state index contributed by atoms with van der Waals surface area (Å²) in [4.78, 5) is 26.6. The Kier molecular flexibility index (Phi) is 6.36. The van der Waals surface area contributed by atoms with E-state index in [-0.39, 0.29) is 36.5 Å². The summed E-state index contributed by atoms with van der Waals surface area (Å²) in [5.41, 5.74) is -0.256. The maximum absolute atomic E-state index is 11.9. The fraction of sp³-hybridized carbons (Fsp3) is 0.600. The zero-order valence-corrected chi connectivity index (χ0v) is 14.2. The van der Waals surface area contributed by atoms with Gasteiger partial charge in [0.05, 0.1) is 19.1 Å². The molecule has 0 aliphatic rings. The van der Waals surface area contributed by atoms with E-state index in [0.717, 1.165) is 4.88 Å². The standard InChI is InChI=1S/C15H25N3O2S/c1-11(12-7-6-8-21-12)16-13(19)9-18(5)10-14(20)17-15(2,3)4/h6-8,11H,9-10H2,1-5H3,(H,16,19)(H,17,20)/t11-/m0/s1. The molecule has 118 valence electrons. The van der Waals surface area contributed by atoms with Crippen LogP contribution in [0.15, 0.2) is 17.5 Å². The lowest BCUT2D eigenvalue weighted by Crippen LogP contribution is -2.46. The molecular weight excluding hydrogens is 286 g/mol. The predicted octanol–water partition coefficient (Wildman–Crippen LogP) is 1.77. The Hall–Kier alpha value is -1.40. The molecule has 1 aromatic heterocycles. The summed E-state index contributed by atoms with van der Waals surface area (Å²) in [5.74, 6) is -0.161. The van der Waals surface area contributed by atoms with Crippen molar-refractivity contribution in [1.82, 2.24) is 15.5 Å². The third-order valence-electron chi connectivity index (χ3n) is 2.69. The lowest BCUT2D eigenvalue weighted by Gasteiger charge is -2.23. The Morgan fingerprint density at radius 2 is 1.90 bits per heavy atom. The minimum Gasteiger partial charge on any atom is -0.350 e. The van der Waals surface area contributed by atoms with Crippen molar-refractivity contribution in [3.63, 3.8) is 0 Å². The average Bonchev–Trinajstić information content (AvgIpc) is 2.77. The molecule has 1 rings (SSSR count). The minimum atomic E-state index is -0.256. The fourth-order valence-corrected chi connectivity index (χ4v) is 2.63. The van der Waals surface area contributed by atoms with E-state index in [4.69, 9.17) is 0 Å². The number of likely N-dealkylation sites (N-methyl/N-ethyl adjacent to an activating group) is 1. The van der Waals surface area contributed by atoms with Gasteiger partial charge in [0.15, 0.2) is 0 Å². The fourth-order valence-electron chi connectivity index (χ4n) is 1.90. The number of hydrogen-bond donors (Lipinski definition) is 2. The molecule has 2 amide bonds. The first kappa shape index (κ1) is 17.7. The third kappa shape index (κ3) is 7.24. The molecule has 1 heterocycles. The molecule has 5 nitrogen and oxygen atoms in total. The number of amides is 2. The van der Waals surface area contributed by atoms with Gasteiger partial charge >= 0.3 is 0 Å². The summed E-state index contributed by atoms with van der Waals surface area (Å²) in [6.07, 6.45) is 0. The smallest absolute Gasteiger partial charge is 0.234 e. The second-order valence-corrected chi connectivity index (χ2v) is 7.25. The molecule has 21 heavy (non-hydrogen) atoms. The van der Waals surface area contributed by atoms with Gasteiger partial charge in [0.25, 0.3) is 0 Å². The highest BCUT2D eigenvalue weighted by Crippen LogP contribution is 2.17. The molecule has 0 unspecified atom stereocenters. The molecule has 0 aliphatic heterocycles. The van der Waals surface area contributed by atoms with Crippen LogP contribution in [-0.2, 0) is 9.59 Å². The Morgan fingerprint density at radius 3 is 2.43 bits per heavy atom. The van der Waals surface area contributed by atoms with Crippen molar-refractivity contribution in [2.24, 2.45) is 0 Å².